The molecule has 1 saturated heterocycles. The van der Waals surface area contributed by atoms with Crippen LogP contribution in [-0.2, 0) is 10.0 Å². The van der Waals surface area contributed by atoms with Crippen LogP contribution in [0.3, 0.4) is 0 Å². The first kappa shape index (κ1) is 20.0. The minimum atomic E-state index is -3.52. The van der Waals surface area contributed by atoms with Gasteiger partial charge in [-0.2, -0.15) is 4.31 Å². The van der Waals surface area contributed by atoms with Crippen LogP contribution in [0.25, 0.3) is 0 Å². The van der Waals surface area contributed by atoms with Crippen molar-refractivity contribution in [2.75, 3.05) is 36.4 Å². The van der Waals surface area contributed by atoms with E-state index in [0.29, 0.717) is 48.0 Å². The lowest BCUT2D eigenvalue weighted by molar-refractivity contribution is 0.384. The van der Waals surface area contributed by atoms with E-state index in [0.717, 1.165) is 17.2 Å². The Bertz CT molecular complexity index is 1100. The van der Waals surface area contributed by atoms with Gasteiger partial charge in [-0.25, -0.2) is 23.4 Å². The quantitative estimate of drug-likeness (QED) is 0.638. The molecule has 29 heavy (non-hydrogen) atoms. The van der Waals surface area contributed by atoms with Gasteiger partial charge in [0.15, 0.2) is 0 Å². The predicted molar refractivity (Wildman–Crippen MR) is 115 cm³/mol. The molecule has 0 saturated carbocycles. The van der Waals surface area contributed by atoms with Crippen molar-refractivity contribution in [3.63, 3.8) is 0 Å². The van der Waals surface area contributed by atoms with Crippen LogP contribution in [0.15, 0.2) is 46.8 Å². The molecule has 0 bridgehead atoms. The molecule has 3 aromatic rings. The lowest BCUT2D eigenvalue weighted by Crippen LogP contribution is -2.48. The number of piperazine rings is 1. The molecule has 0 aliphatic carbocycles. The molecule has 0 atom stereocenters. The molecular weight excluding hydrogens is 432 g/mol. The molecule has 0 amide bonds. The molecule has 11 heteroatoms. The van der Waals surface area contributed by atoms with Crippen molar-refractivity contribution in [3.8, 4) is 0 Å². The van der Waals surface area contributed by atoms with E-state index in [1.807, 2.05) is 31.2 Å². The third-order valence-electron chi connectivity index (χ3n) is 4.45. The van der Waals surface area contributed by atoms with Crippen LogP contribution in [-0.4, -0.2) is 53.9 Å². The summed E-state index contributed by atoms with van der Waals surface area (Å²) in [6, 6.07) is 10.6. The van der Waals surface area contributed by atoms with Gasteiger partial charge in [0, 0.05) is 38.4 Å². The normalized spacial score (nSPS) is 15.4. The Morgan fingerprint density at radius 1 is 1.07 bits per heavy atom. The standard InChI is InChI=1S/C18H19ClN6O2S2/c1-13-21-16(23-15-4-2-3-7-20-15)12-17(22-13)24-8-10-25(11-9-24)29(26,27)18-6-5-14(19)28-18/h2-7,12H,8-11H2,1H3,(H,20,21,22,23). The number of halogens is 1. The van der Waals surface area contributed by atoms with Crippen LogP contribution < -0.4 is 10.2 Å². The van der Waals surface area contributed by atoms with Gasteiger partial charge in [-0.3, -0.25) is 0 Å². The van der Waals surface area contributed by atoms with E-state index < -0.39 is 10.0 Å². The molecule has 4 rings (SSSR count). The molecular formula is C18H19ClN6O2S2. The fourth-order valence-electron chi connectivity index (χ4n) is 3.07. The number of aromatic nitrogens is 3. The molecule has 1 N–H and O–H groups in total. The molecule has 1 fully saturated rings. The summed E-state index contributed by atoms with van der Waals surface area (Å²) in [7, 11) is -3.52. The third-order valence-corrected chi connectivity index (χ3v) is 8.05. The lowest BCUT2D eigenvalue weighted by Gasteiger charge is -2.34. The molecule has 0 spiro atoms. The average molecular weight is 451 g/mol. The van der Waals surface area contributed by atoms with Crippen LogP contribution in [0, 0.1) is 6.92 Å². The fourth-order valence-corrected chi connectivity index (χ4v) is 6.13. The lowest BCUT2D eigenvalue weighted by atomic mass is 10.3. The second-order valence-electron chi connectivity index (χ2n) is 6.45. The molecule has 152 valence electrons. The van der Waals surface area contributed by atoms with E-state index in [2.05, 4.69) is 25.2 Å². The fraction of sp³-hybridized carbons (Fsp3) is 0.278. The van der Waals surface area contributed by atoms with Gasteiger partial charge in [-0.1, -0.05) is 17.7 Å². The van der Waals surface area contributed by atoms with Gasteiger partial charge < -0.3 is 10.2 Å². The van der Waals surface area contributed by atoms with E-state index >= 15 is 0 Å². The zero-order chi connectivity index (χ0) is 20.4. The van der Waals surface area contributed by atoms with E-state index in [4.69, 9.17) is 11.6 Å². The number of rotatable bonds is 5. The summed E-state index contributed by atoms with van der Waals surface area (Å²) in [6.45, 7) is 3.66. The second kappa shape index (κ2) is 8.23. The first-order valence-corrected chi connectivity index (χ1v) is 11.6. The highest BCUT2D eigenvalue weighted by atomic mass is 35.5. The van der Waals surface area contributed by atoms with Crippen molar-refractivity contribution < 1.29 is 8.42 Å². The number of anilines is 3. The van der Waals surface area contributed by atoms with Gasteiger partial charge in [-0.05, 0) is 31.2 Å². The second-order valence-corrected chi connectivity index (χ2v) is 10.3. The predicted octanol–water partition coefficient (Wildman–Crippen LogP) is 3.15. The third kappa shape index (κ3) is 4.50. The Labute approximate surface area is 178 Å². The molecule has 3 aromatic heterocycles. The van der Waals surface area contributed by atoms with Gasteiger partial charge in [0.05, 0.1) is 4.34 Å². The van der Waals surface area contributed by atoms with E-state index in [1.165, 1.54) is 4.31 Å². The Hall–Kier alpha value is -2.27. The molecule has 1 aliphatic rings. The summed E-state index contributed by atoms with van der Waals surface area (Å²) in [5, 5.41) is 3.17. The first-order valence-electron chi connectivity index (χ1n) is 8.96. The average Bonchev–Trinajstić information content (AvgIpc) is 3.16. The topological polar surface area (TPSA) is 91.3 Å². The maximum absolute atomic E-state index is 12.8. The molecule has 1 aliphatic heterocycles. The van der Waals surface area contributed by atoms with Crippen molar-refractivity contribution in [3.05, 3.63) is 52.8 Å². The van der Waals surface area contributed by atoms with E-state index in [-0.39, 0.29) is 4.21 Å². The first-order chi connectivity index (χ1) is 13.9. The highest BCUT2D eigenvalue weighted by Crippen LogP contribution is 2.29. The maximum atomic E-state index is 12.8. The minimum absolute atomic E-state index is 0.274. The number of sulfonamides is 1. The SMILES string of the molecule is Cc1nc(Nc2ccccn2)cc(N2CCN(S(=O)(=O)c3ccc(Cl)s3)CC2)n1. The number of aryl methyl sites for hydroxylation is 1. The monoisotopic (exact) mass is 450 g/mol. The van der Waals surface area contributed by atoms with Gasteiger partial charge in [0.2, 0.25) is 0 Å². The van der Waals surface area contributed by atoms with Crippen molar-refractivity contribution in [1.29, 1.82) is 0 Å². The molecule has 8 nitrogen and oxygen atoms in total. The molecule has 0 radical (unpaired) electrons. The highest BCUT2D eigenvalue weighted by Gasteiger charge is 2.30. The summed E-state index contributed by atoms with van der Waals surface area (Å²) in [5.41, 5.74) is 0. The van der Waals surface area contributed by atoms with Gasteiger partial charge in [-0.15, -0.1) is 11.3 Å². The number of nitrogens with one attached hydrogen (secondary N) is 1. The van der Waals surface area contributed by atoms with Crippen molar-refractivity contribution >= 4 is 50.4 Å². The maximum Gasteiger partial charge on any atom is 0.252 e. The Balaban J connectivity index is 1.47. The summed E-state index contributed by atoms with van der Waals surface area (Å²) >= 11 is 6.98. The van der Waals surface area contributed by atoms with E-state index in [9.17, 15) is 8.42 Å². The number of nitrogens with zero attached hydrogens (tertiary/aromatic N) is 5. The summed E-state index contributed by atoms with van der Waals surface area (Å²) in [5.74, 6) is 2.73. The number of hydrogen-bond donors (Lipinski definition) is 1. The molecule has 0 unspecified atom stereocenters. The van der Waals surface area contributed by atoms with Gasteiger partial charge in [0.1, 0.15) is 27.5 Å². The number of pyridine rings is 1. The Morgan fingerprint density at radius 3 is 2.52 bits per heavy atom. The zero-order valence-corrected chi connectivity index (χ0v) is 18.0. The summed E-state index contributed by atoms with van der Waals surface area (Å²) in [4.78, 5) is 15.2. The van der Waals surface area contributed by atoms with Crippen molar-refractivity contribution in [1.82, 2.24) is 19.3 Å². The van der Waals surface area contributed by atoms with Crippen LogP contribution in [0.5, 0.6) is 0 Å². The van der Waals surface area contributed by atoms with Crippen LogP contribution >= 0.6 is 22.9 Å². The van der Waals surface area contributed by atoms with Gasteiger partial charge >= 0.3 is 0 Å². The Kier molecular flexibility index (Phi) is 5.68. The Morgan fingerprint density at radius 2 is 1.86 bits per heavy atom. The van der Waals surface area contributed by atoms with Crippen LogP contribution in [0.1, 0.15) is 5.82 Å². The largest absolute Gasteiger partial charge is 0.354 e. The van der Waals surface area contributed by atoms with Crippen LogP contribution in [0.2, 0.25) is 4.34 Å². The highest BCUT2D eigenvalue weighted by molar-refractivity contribution is 7.91. The van der Waals surface area contributed by atoms with Crippen molar-refractivity contribution in [2.45, 2.75) is 11.1 Å². The number of hydrogen-bond acceptors (Lipinski definition) is 8. The van der Waals surface area contributed by atoms with Crippen LogP contribution in [0.4, 0.5) is 17.5 Å². The summed E-state index contributed by atoms with van der Waals surface area (Å²) < 4.78 is 27.8. The smallest absolute Gasteiger partial charge is 0.252 e. The molecule has 4 heterocycles. The zero-order valence-electron chi connectivity index (χ0n) is 15.6. The van der Waals surface area contributed by atoms with Gasteiger partial charge in [0.25, 0.3) is 10.0 Å². The minimum Gasteiger partial charge on any atom is -0.354 e. The number of thiophene rings is 1. The molecule has 0 aromatic carbocycles. The van der Waals surface area contributed by atoms with Crippen molar-refractivity contribution in [2.24, 2.45) is 0 Å². The summed E-state index contributed by atoms with van der Waals surface area (Å²) in [6.07, 6.45) is 1.71. The van der Waals surface area contributed by atoms with E-state index in [1.54, 1.807) is 18.3 Å².